The lowest BCUT2D eigenvalue weighted by Crippen LogP contribution is -2.41. The van der Waals surface area contributed by atoms with Gasteiger partial charge in [0.25, 0.3) is 0 Å². The van der Waals surface area contributed by atoms with E-state index in [1.54, 1.807) is 6.20 Å². The maximum Gasteiger partial charge on any atom is 0.237 e. The van der Waals surface area contributed by atoms with Crippen LogP contribution in [0.15, 0.2) is 12.4 Å². The number of carbonyl (C=O) groups is 1. The Bertz CT molecular complexity index is 409. The molecule has 0 bridgehead atoms. The van der Waals surface area contributed by atoms with E-state index in [4.69, 9.17) is 0 Å². The van der Waals surface area contributed by atoms with Gasteiger partial charge in [-0.05, 0) is 12.8 Å². The van der Waals surface area contributed by atoms with Crippen molar-refractivity contribution in [1.29, 1.82) is 0 Å². The highest BCUT2D eigenvalue weighted by atomic mass is 16.2. The average molecular weight is 250 g/mol. The molecule has 1 aromatic heterocycles. The highest BCUT2D eigenvalue weighted by Gasteiger charge is 2.32. The number of rotatable bonds is 6. The fraction of sp³-hybridized carbons (Fsp3) is 0.692. The Labute approximate surface area is 108 Å². The fourth-order valence-corrected chi connectivity index (χ4v) is 1.90. The van der Waals surface area contributed by atoms with Gasteiger partial charge in [0.2, 0.25) is 5.91 Å². The minimum atomic E-state index is 0.175. The van der Waals surface area contributed by atoms with Crippen LogP contribution in [0.4, 0.5) is 0 Å². The largest absolute Gasteiger partial charge is 0.337 e. The quantitative estimate of drug-likeness (QED) is 0.816. The molecule has 0 saturated heterocycles. The van der Waals surface area contributed by atoms with Crippen LogP contribution in [0.3, 0.4) is 0 Å². The average Bonchev–Trinajstić information content (AvgIpc) is 3.08. The lowest BCUT2D eigenvalue weighted by atomic mass is 10.3. The molecular formula is C13H22N4O. The number of hydrogen-bond donors (Lipinski definition) is 1. The summed E-state index contributed by atoms with van der Waals surface area (Å²) in [6, 6.07) is 0.756. The van der Waals surface area contributed by atoms with Gasteiger partial charge in [-0.3, -0.25) is 4.79 Å². The Morgan fingerprint density at radius 3 is 2.83 bits per heavy atom. The topological polar surface area (TPSA) is 50.2 Å². The summed E-state index contributed by atoms with van der Waals surface area (Å²) in [6.07, 6.45) is 5.93. The zero-order valence-electron chi connectivity index (χ0n) is 11.4. The van der Waals surface area contributed by atoms with Crippen LogP contribution >= 0.6 is 0 Å². The van der Waals surface area contributed by atoms with Crippen molar-refractivity contribution >= 4 is 5.91 Å². The Hall–Kier alpha value is -1.36. The van der Waals surface area contributed by atoms with E-state index >= 15 is 0 Å². The zero-order chi connectivity index (χ0) is 13.1. The third-order valence-electron chi connectivity index (χ3n) is 3.20. The maximum absolute atomic E-state index is 12.2. The molecule has 0 radical (unpaired) electrons. The van der Waals surface area contributed by atoms with Gasteiger partial charge in [-0.25, -0.2) is 4.98 Å². The van der Waals surface area contributed by atoms with Crippen LogP contribution in [0.5, 0.6) is 0 Å². The van der Waals surface area contributed by atoms with Crippen LogP contribution in [0.2, 0.25) is 0 Å². The molecule has 1 saturated carbocycles. The molecule has 1 amide bonds. The third-order valence-corrected chi connectivity index (χ3v) is 3.20. The Morgan fingerprint density at radius 2 is 2.33 bits per heavy atom. The van der Waals surface area contributed by atoms with Gasteiger partial charge in [-0.1, -0.05) is 13.8 Å². The zero-order valence-corrected chi connectivity index (χ0v) is 11.4. The highest BCUT2D eigenvalue weighted by Crippen LogP contribution is 2.28. The maximum atomic E-state index is 12.2. The third kappa shape index (κ3) is 3.32. The first-order valence-corrected chi connectivity index (χ1v) is 6.57. The van der Waals surface area contributed by atoms with E-state index in [-0.39, 0.29) is 5.91 Å². The summed E-state index contributed by atoms with van der Waals surface area (Å²) in [5.41, 5.74) is 0. The monoisotopic (exact) mass is 250 g/mol. The summed E-state index contributed by atoms with van der Waals surface area (Å²) in [5.74, 6) is 1.12. The normalized spacial score (nSPS) is 15.1. The highest BCUT2D eigenvalue weighted by molar-refractivity contribution is 5.78. The molecule has 0 spiro atoms. The minimum absolute atomic E-state index is 0.175. The summed E-state index contributed by atoms with van der Waals surface area (Å²) in [6.45, 7) is 5.13. The van der Waals surface area contributed by atoms with E-state index in [0.717, 1.165) is 18.7 Å². The summed E-state index contributed by atoms with van der Waals surface area (Å²) in [4.78, 5) is 18.4. The predicted octanol–water partition coefficient (Wildman–Crippen LogP) is 0.909. The van der Waals surface area contributed by atoms with Crippen molar-refractivity contribution in [1.82, 2.24) is 19.8 Å². The van der Waals surface area contributed by atoms with E-state index < -0.39 is 0 Å². The number of nitrogens with one attached hydrogen (secondary N) is 1. The van der Waals surface area contributed by atoms with Gasteiger partial charge in [0.05, 0.1) is 13.1 Å². The van der Waals surface area contributed by atoms with Crippen molar-refractivity contribution in [2.24, 2.45) is 7.05 Å². The second kappa shape index (κ2) is 5.52. The molecule has 100 valence electrons. The molecular weight excluding hydrogens is 228 g/mol. The molecule has 0 aliphatic heterocycles. The lowest BCUT2D eigenvalue weighted by molar-refractivity contribution is -0.131. The molecule has 0 atom stereocenters. The molecule has 2 rings (SSSR count). The Morgan fingerprint density at radius 1 is 1.61 bits per heavy atom. The smallest absolute Gasteiger partial charge is 0.237 e. The molecule has 5 nitrogen and oxygen atoms in total. The first-order valence-electron chi connectivity index (χ1n) is 6.57. The Balaban J connectivity index is 1.96. The molecule has 1 aliphatic carbocycles. The van der Waals surface area contributed by atoms with Crippen molar-refractivity contribution in [2.75, 3.05) is 6.54 Å². The van der Waals surface area contributed by atoms with Gasteiger partial charge in [0, 0.05) is 31.5 Å². The summed E-state index contributed by atoms with van der Waals surface area (Å²) in [7, 11) is 1.96. The molecule has 0 aromatic carbocycles. The van der Waals surface area contributed by atoms with Crippen molar-refractivity contribution in [3.63, 3.8) is 0 Å². The Kier molecular flexibility index (Phi) is 4.01. The molecule has 0 unspecified atom stereocenters. The molecule has 1 aromatic rings. The van der Waals surface area contributed by atoms with E-state index in [0.29, 0.717) is 25.2 Å². The van der Waals surface area contributed by atoms with Crippen LogP contribution in [-0.4, -0.2) is 39.0 Å². The van der Waals surface area contributed by atoms with E-state index in [1.165, 1.54) is 0 Å². The van der Waals surface area contributed by atoms with Gasteiger partial charge < -0.3 is 14.8 Å². The number of imidazole rings is 1. The molecule has 1 aliphatic rings. The van der Waals surface area contributed by atoms with Crippen LogP contribution in [0, 0.1) is 0 Å². The van der Waals surface area contributed by atoms with Gasteiger partial charge in [0.1, 0.15) is 5.82 Å². The minimum Gasteiger partial charge on any atom is -0.337 e. The summed E-state index contributed by atoms with van der Waals surface area (Å²) < 4.78 is 1.97. The van der Waals surface area contributed by atoms with Gasteiger partial charge in [-0.2, -0.15) is 0 Å². The number of aromatic nitrogens is 2. The summed E-state index contributed by atoms with van der Waals surface area (Å²) >= 11 is 0. The van der Waals surface area contributed by atoms with Crippen molar-refractivity contribution in [3.05, 3.63) is 18.2 Å². The molecule has 5 heteroatoms. The van der Waals surface area contributed by atoms with E-state index in [1.807, 2.05) is 36.6 Å². The fourth-order valence-electron chi connectivity index (χ4n) is 1.90. The second-order valence-electron chi connectivity index (χ2n) is 5.24. The number of hydrogen-bond acceptors (Lipinski definition) is 3. The van der Waals surface area contributed by atoms with Crippen molar-refractivity contribution in [3.8, 4) is 0 Å². The SMILES string of the molecule is CC(C)NCC(=O)N(Cc1nccn1C)C1CC1. The van der Waals surface area contributed by atoms with Crippen molar-refractivity contribution in [2.45, 2.75) is 45.3 Å². The molecule has 18 heavy (non-hydrogen) atoms. The first-order chi connectivity index (χ1) is 8.58. The number of carbonyl (C=O) groups excluding carboxylic acids is 1. The molecule has 1 N–H and O–H groups in total. The van der Waals surface area contributed by atoms with Crippen molar-refractivity contribution < 1.29 is 4.79 Å². The van der Waals surface area contributed by atoms with E-state index in [9.17, 15) is 4.79 Å². The van der Waals surface area contributed by atoms with Gasteiger partial charge in [0.15, 0.2) is 0 Å². The van der Waals surface area contributed by atoms with Crippen LogP contribution < -0.4 is 5.32 Å². The van der Waals surface area contributed by atoms with E-state index in [2.05, 4.69) is 10.3 Å². The van der Waals surface area contributed by atoms with Crippen LogP contribution in [-0.2, 0) is 18.4 Å². The number of nitrogens with zero attached hydrogens (tertiary/aromatic N) is 3. The first kappa shape index (κ1) is 13.1. The number of amides is 1. The lowest BCUT2D eigenvalue weighted by Gasteiger charge is -2.23. The van der Waals surface area contributed by atoms with Crippen LogP contribution in [0.1, 0.15) is 32.5 Å². The molecule has 1 heterocycles. The number of aryl methyl sites for hydroxylation is 1. The van der Waals surface area contributed by atoms with Gasteiger partial charge in [-0.15, -0.1) is 0 Å². The predicted molar refractivity (Wildman–Crippen MR) is 69.9 cm³/mol. The van der Waals surface area contributed by atoms with Gasteiger partial charge >= 0.3 is 0 Å². The summed E-state index contributed by atoms with van der Waals surface area (Å²) in [5, 5.41) is 3.18. The second-order valence-corrected chi connectivity index (χ2v) is 5.24. The standard InChI is InChI=1S/C13H22N4O/c1-10(2)15-8-13(18)17(11-4-5-11)9-12-14-6-7-16(12)3/h6-7,10-11,15H,4-5,8-9H2,1-3H3. The molecule has 1 fully saturated rings. The van der Waals surface area contributed by atoms with Crippen LogP contribution in [0.25, 0.3) is 0 Å².